The summed E-state index contributed by atoms with van der Waals surface area (Å²) in [6, 6.07) is 14.3. The molecule has 2 aromatic carbocycles. The summed E-state index contributed by atoms with van der Waals surface area (Å²) in [6.45, 7) is 2.02. The van der Waals surface area contributed by atoms with E-state index in [9.17, 15) is 18.0 Å². The van der Waals surface area contributed by atoms with E-state index in [4.69, 9.17) is 5.73 Å². The van der Waals surface area contributed by atoms with Gasteiger partial charge in [0.05, 0.1) is 5.92 Å². The molecule has 2 atom stereocenters. The summed E-state index contributed by atoms with van der Waals surface area (Å²) in [4.78, 5) is 14.1. The van der Waals surface area contributed by atoms with Crippen molar-refractivity contribution in [2.45, 2.75) is 25.9 Å². The van der Waals surface area contributed by atoms with Crippen molar-refractivity contribution >= 4 is 5.91 Å². The van der Waals surface area contributed by atoms with Gasteiger partial charge in [-0.15, -0.1) is 13.2 Å². The molecule has 0 fully saturated rings. The predicted octanol–water partition coefficient (Wildman–Crippen LogP) is 3.88. The number of benzene rings is 2. The SMILES string of the molecule is CC(C(=O)N(C)Cc1ccc(OC(F)(F)F)cc1)C(N)c1ccccc1. The number of hydrogen-bond acceptors (Lipinski definition) is 3. The zero-order valence-electron chi connectivity index (χ0n) is 14.5. The van der Waals surface area contributed by atoms with E-state index in [0.717, 1.165) is 5.56 Å². The minimum Gasteiger partial charge on any atom is -0.406 e. The van der Waals surface area contributed by atoms with Crippen LogP contribution in [0.2, 0.25) is 0 Å². The first-order valence-corrected chi connectivity index (χ1v) is 8.07. The van der Waals surface area contributed by atoms with Crippen LogP contribution in [0.25, 0.3) is 0 Å². The van der Waals surface area contributed by atoms with Crippen LogP contribution in [0.15, 0.2) is 54.6 Å². The maximum atomic E-state index is 12.6. The molecule has 1 amide bonds. The zero-order chi connectivity index (χ0) is 19.3. The second-order valence-corrected chi connectivity index (χ2v) is 6.11. The van der Waals surface area contributed by atoms with Crippen molar-refractivity contribution in [2.24, 2.45) is 11.7 Å². The van der Waals surface area contributed by atoms with Crippen LogP contribution < -0.4 is 10.5 Å². The van der Waals surface area contributed by atoms with Crippen molar-refractivity contribution in [1.82, 2.24) is 4.90 Å². The normalized spacial score (nSPS) is 13.8. The van der Waals surface area contributed by atoms with Gasteiger partial charge in [0.1, 0.15) is 5.75 Å². The lowest BCUT2D eigenvalue weighted by atomic mass is 9.94. The molecule has 4 nitrogen and oxygen atoms in total. The molecule has 140 valence electrons. The fraction of sp³-hybridized carbons (Fsp3) is 0.316. The molecular formula is C19H21F3N2O2. The van der Waals surface area contributed by atoms with Gasteiger partial charge in [0.2, 0.25) is 5.91 Å². The molecule has 2 N–H and O–H groups in total. The minimum atomic E-state index is -4.72. The second-order valence-electron chi connectivity index (χ2n) is 6.11. The molecule has 0 radical (unpaired) electrons. The second kappa shape index (κ2) is 8.23. The van der Waals surface area contributed by atoms with Crippen molar-refractivity contribution in [3.05, 3.63) is 65.7 Å². The summed E-state index contributed by atoms with van der Waals surface area (Å²) in [5, 5.41) is 0. The van der Waals surface area contributed by atoms with Gasteiger partial charge in [-0.1, -0.05) is 49.4 Å². The average Bonchev–Trinajstić information content (AvgIpc) is 2.61. The van der Waals surface area contributed by atoms with Gasteiger partial charge in [-0.2, -0.15) is 0 Å². The van der Waals surface area contributed by atoms with Crippen molar-refractivity contribution in [1.29, 1.82) is 0 Å². The highest BCUT2D eigenvalue weighted by Gasteiger charge is 2.31. The Kier molecular flexibility index (Phi) is 6.26. The third-order valence-corrected chi connectivity index (χ3v) is 4.07. The quantitative estimate of drug-likeness (QED) is 0.844. The summed E-state index contributed by atoms with van der Waals surface area (Å²) in [5.74, 6) is -0.873. The van der Waals surface area contributed by atoms with Crippen LogP contribution in [0.1, 0.15) is 24.1 Å². The molecule has 0 heterocycles. The summed E-state index contributed by atoms with van der Waals surface area (Å²) in [7, 11) is 1.64. The number of alkyl halides is 3. The van der Waals surface area contributed by atoms with Gasteiger partial charge in [-0.25, -0.2) is 0 Å². The number of nitrogens with two attached hydrogens (primary N) is 1. The molecule has 0 bridgehead atoms. The molecule has 0 aliphatic carbocycles. The number of amides is 1. The van der Waals surface area contributed by atoms with E-state index in [1.54, 1.807) is 14.0 Å². The number of hydrogen-bond donors (Lipinski definition) is 1. The lowest BCUT2D eigenvalue weighted by molar-refractivity contribution is -0.274. The van der Waals surface area contributed by atoms with E-state index in [1.807, 2.05) is 30.3 Å². The number of rotatable bonds is 6. The van der Waals surface area contributed by atoms with E-state index in [1.165, 1.54) is 29.2 Å². The lowest BCUT2D eigenvalue weighted by Gasteiger charge is -2.25. The molecule has 7 heteroatoms. The van der Waals surface area contributed by atoms with Crippen LogP contribution in [0, 0.1) is 5.92 Å². The Labute approximate surface area is 150 Å². The van der Waals surface area contributed by atoms with Gasteiger partial charge in [0.25, 0.3) is 0 Å². The first-order chi connectivity index (χ1) is 12.2. The Hall–Kier alpha value is -2.54. The van der Waals surface area contributed by atoms with Gasteiger partial charge in [0.15, 0.2) is 0 Å². The Morgan fingerprint density at radius 2 is 1.69 bits per heavy atom. The van der Waals surface area contributed by atoms with Crippen LogP contribution in [0.5, 0.6) is 5.75 Å². The largest absolute Gasteiger partial charge is 0.573 e. The average molecular weight is 366 g/mol. The summed E-state index contributed by atoms with van der Waals surface area (Å²) < 4.78 is 40.4. The summed E-state index contributed by atoms with van der Waals surface area (Å²) in [6.07, 6.45) is -4.72. The monoisotopic (exact) mass is 366 g/mol. The van der Waals surface area contributed by atoms with Crippen molar-refractivity contribution in [3.8, 4) is 5.75 Å². The van der Waals surface area contributed by atoms with Crippen LogP contribution in [-0.4, -0.2) is 24.2 Å². The number of carbonyl (C=O) groups excluding carboxylic acids is 1. The van der Waals surface area contributed by atoms with E-state index in [-0.39, 0.29) is 18.2 Å². The molecule has 0 spiro atoms. The van der Waals surface area contributed by atoms with Gasteiger partial charge in [0, 0.05) is 19.6 Å². The molecule has 2 unspecified atom stereocenters. The maximum Gasteiger partial charge on any atom is 0.573 e. The van der Waals surface area contributed by atoms with E-state index in [0.29, 0.717) is 5.56 Å². The standard InChI is InChI=1S/C19H21F3N2O2/c1-13(17(23)15-6-4-3-5-7-15)18(25)24(2)12-14-8-10-16(11-9-14)26-19(20,21)22/h3-11,13,17H,12,23H2,1-2H3. The number of halogens is 3. The van der Waals surface area contributed by atoms with Crippen LogP contribution in [-0.2, 0) is 11.3 Å². The van der Waals surface area contributed by atoms with Crippen molar-refractivity contribution in [3.63, 3.8) is 0 Å². The molecule has 0 saturated heterocycles. The Morgan fingerprint density at radius 1 is 1.12 bits per heavy atom. The Balaban J connectivity index is 1.98. The van der Waals surface area contributed by atoms with Gasteiger partial charge in [-0.3, -0.25) is 4.79 Å². The fourth-order valence-electron chi connectivity index (χ4n) is 2.61. The van der Waals surface area contributed by atoms with Crippen molar-refractivity contribution < 1.29 is 22.7 Å². The number of nitrogens with zero attached hydrogens (tertiary/aromatic N) is 1. The third kappa shape index (κ3) is 5.49. The molecule has 0 aliphatic heterocycles. The molecule has 0 aromatic heterocycles. The zero-order valence-corrected chi connectivity index (χ0v) is 14.5. The van der Waals surface area contributed by atoms with E-state index >= 15 is 0 Å². The van der Waals surface area contributed by atoms with Crippen LogP contribution >= 0.6 is 0 Å². The Morgan fingerprint density at radius 3 is 2.23 bits per heavy atom. The van der Waals surface area contributed by atoms with Gasteiger partial charge < -0.3 is 15.4 Å². The van der Waals surface area contributed by atoms with Gasteiger partial charge in [-0.05, 0) is 23.3 Å². The molecule has 2 aromatic rings. The molecule has 0 aliphatic rings. The predicted molar refractivity (Wildman–Crippen MR) is 92.1 cm³/mol. The Bertz CT molecular complexity index is 718. The van der Waals surface area contributed by atoms with Gasteiger partial charge >= 0.3 is 6.36 Å². The van der Waals surface area contributed by atoms with E-state index in [2.05, 4.69) is 4.74 Å². The fourth-order valence-corrected chi connectivity index (χ4v) is 2.61. The minimum absolute atomic E-state index is 0.142. The van der Waals surface area contributed by atoms with Crippen LogP contribution in [0.4, 0.5) is 13.2 Å². The summed E-state index contributed by atoms with van der Waals surface area (Å²) >= 11 is 0. The maximum absolute atomic E-state index is 12.6. The first kappa shape index (κ1) is 19.8. The molecule has 2 rings (SSSR count). The van der Waals surface area contributed by atoms with Crippen molar-refractivity contribution in [2.75, 3.05) is 7.05 Å². The van der Waals surface area contributed by atoms with E-state index < -0.39 is 18.3 Å². The smallest absolute Gasteiger partial charge is 0.406 e. The lowest BCUT2D eigenvalue weighted by Crippen LogP contribution is -2.36. The highest BCUT2D eigenvalue weighted by Crippen LogP contribution is 2.24. The molecule has 0 saturated carbocycles. The van der Waals surface area contributed by atoms with Crippen LogP contribution in [0.3, 0.4) is 0 Å². The highest BCUT2D eigenvalue weighted by molar-refractivity contribution is 5.79. The number of ether oxygens (including phenoxy) is 1. The third-order valence-electron chi connectivity index (χ3n) is 4.07. The highest BCUT2D eigenvalue weighted by atomic mass is 19.4. The summed E-state index contributed by atoms with van der Waals surface area (Å²) in [5.41, 5.74) is 7.74. The first-order valence-electron chi connectivity index (χ1n) is 8.07. The number of carbonyl (C=O) groups is 1. The molecule has 26 heavy (non-hydrogen) atoms. The molecular weight excluding hydrogens is 345 g/mol. The topological polar surface area (TPSA) is 55.6 Å².